The zero-order chi connectivity index (χ0) is 17.2. The van der Waals surface area contributed by atoms with Gasteiger partial charge in [0.15, 0.2) is 0 Å². The summed E-state index contributed by atoms with van der Waals surface area (Å²) < 4.78 is 12.9. The number of para-hydroxylation sites is 1. The summed E-state index contributed by atoms with van der Waals surface area (Å²) in [6.45, 7) is 2.37. The van der Waals surface area contributed by atoms with Crippen molar-refractivity contribution < 1.29 is 9.18 Å². The van der Waals surface area contributed by atoms with Crippen molar-refractivity contribution in [2.75, 3.05) is 25.5 Å². The molecule has 128 valence electrons. The molecule has 2 rings (SSSR count). The van der Waals surface area contributed by atoms with Gasteiger partial charge in [-0.1, -0.05) is 30.3 Å². The predicted molar refractivity (Wildman–Crippen MR) is 95.4 cm³/mol. The van der Waals surface area contributed by atoms with E-state index >= 15 is 0 Å². The Morgan fingerprint density at radius 2 is 1.75 bits per heavy atom. The predicted octanol–water partition coefficient (Wildman–Crippen LogP) is 3.86. The van der Waals surface area contributed by atoms with Crippen LogP contribution < -0.4 is 10.6 Å². The van der Waals surface area contributed by atoms with E-state index in [2.05, 4.69) is 15.5 Å². The summed E-state index contributed by atoms with van der Waals surface area (Å²) in [4.78, 5) is 13.9. The lowest BCUT2D eigenvalue weighted by Gasteiger charge is -2.16. The van der Waals surface area contributed by atoms with Crippen molar-refractivity contribution >= 4 is 11.7 Å². The monoisotopic (exact) mass is 329 g/mol. The number of hydrogen-bond acceptors (Lipinski definition) is 2. The van der Waals surface area contributed by atoms with Gasteiger partial charge in [0.2, 0.25) is 0 Å². The molecule has 0 atom stereocenters. The molecule has 0 aliphatic carbocycles. The molecule has 0 aromatic heterocycles. The van der Waals surface area contributed by atoms with Crippen molar-refractivity contribution in [2.45, 2.75) is 19.4 Å². The van der Waals surface area contributed by atoms with Gasteiger partial charge in [-0.15, -0.1) is 0 Å². The van der Waals surface area contributed by atoms with Crippen LogP contribution in [0.25, 0.3) is 0 Å². The van der Waals surface area contributed by atoms with Crippen molar-refractivity contribution in [3.63, 3.8) is 0 Å². The molecule has 0 heterocycles. The van der Waals surface area contributed by atoms with Gasteiger partial charge in [0.25, 0.3) is 0 Å². The first-order valence-corrected chi connectivity index (χ1v) is 8.16. The Balaban J connectivity index is 1.55. The van der Waals surface area contributed by atoms with E-state index in [0.717, 1.165) is 37.2 Å². The second-order valence-corrected chi connectivity index (χ2v) is 5.82. The van der Waals surface area contributed by atoms with Crippen LogP contribution in [0.3, 0.4) is 0 Å². The highest BCUT2D eigenvalue weighted by atomic mass is 19.1. The van der Waals surface area contributed by atoms with E-state index in [9.17, 15) is 9.18 Å². The van der Waals surface area contributed by atoms with E-state index in [-0.39, 0.29) is 11.8 Å². The van der Waals surface area contributed by atoms with Gasteiger partial charge in [-0.2, -0.15) is 0 Å². The Hall–Kier alpha value is -2.40. The van der Waals surface area contributed by atoms with E-state index in [1.165, 1.54) is 12.1 Å². The highest BCUT2D eigenvalue weighted by Crippen LogP contribution is 2.06. The third-order valence-corrected chi connectivity index (χ3v) is 3.65. The number of hydrogen-bond donors (Lipinski definition) is 2. The molecule has 2 aromatic carbocycles. The summed E-state index contributed by atoms with van der Waals surface area (Å²) in [6, 6.07) is 15.8. The van der Waals surface area contributed by atoms with Crippen LogP contribution in [0.4, 0.5) is 14.9 Å². The molecule has 0 unspecified atom stereocenters. The van der Waals surface area contributed by atoms with Crippen molar-refractivity contribution in [2.24, 2.45) is 0 Å². The zero-order valence-electron chi connectivity index (χ0n) is 14.0. The molecule has 0 aliphatic rings. The van der Waals surface area contributed by atoms with Crippen molar-refractivity contribution in [3.05, 3.63) is 66.0 Å². The first-order valence-electron chi connectivity index (χ1n) is 8.16. The van der Waals surface area contributed by atoms with Crippen LogP contribution in [-0.4, -0.2) is 31.1 Å². The van der Waals surface area contributed by atoms with Crippen molar-refractivity contribution in [1.82, 2.24) is 10.2 Å². The van der Waals surface area contributed by atoms with Crippen molar-refractivity contribution in [3.8, 4) is 0 Å². The summed E-state index contributed by atoms with van der Waals surface area (Å²) in [6.07, 6.45) is 1.90. The lowest BCUT2D eigenvalue weighted by Crippen LogP contribution is -2.30. The fraction of sp³-hybridized carbons (Fsp3) is 0.316. The highest BCUT2D eigenvalue weighted by molar-refractivity contribution is 5.89. The van der Waals surface area contributed by atoms with Crippen LogP contribution in [0.2, 0.25) is 0 Å². The standard InChI is InChI=1S/C19H24FN3O/c1-23(15-16-9-11-17(20)12-10-16)14-6-5-13-21-19(24)22-18-7-3-2-4-8-18/h2-4,7-12H,5-6,13-15H2,1H3,(H2,21,22,24). The van der Waals surface area contributed by atoms with Gasteiger partial charge < -0.3 is 15.5 Å². The van der Waals surface area contributed by atoms with E-state index in [1.807, 2.05) is 37.4 Å². The van der Waals surface area contributed by atoms with Crippen LogP contribution in [0, 0.1) is 5.82 Å². The van der Waals surface area contributed by atoms with Crippen molar-refractivity contribution in [1.29, 1.82) is 0 Å². The smallest absolute Gasteiger partial charge is 0.319 e. The summed E-state index contributed by atoms with van der Waals surface area (Å²) in [5, 5.41) is 5.64. The maximum absolute atomic E-state index is 12.9. The Morgan fingerprint density at radius 1 is 1.04 bits per heavy atom. The van der Waals surface area contributed by atoms with Crippen LogP contribution in [0.15, 0.2) is 54.6 Å². The zero-order valence-corrected chi connectivity index (χ0v) is 14.0. The molecule has 0 radical (unpaired) electrons. The number of amides is 2. The topological polar surface area (TPSA) is 44.4 Å². The normalized spacial score (nSPS) is 10.6. The fourth-order valence-corrected chi connectivity index (χ4v) is 2.39. The van der Waals surface area contributed by atoms with Crippen LogP contribution in [-0.2, 0) is 6.54 Å². The number of carbonyl (C=O) groups is 1. The minimum absolute atomic E-state index is 0.180. The average molecular weight is 329 g/mol. The van der Waals surface area contributed by atoms with E-state index < -0.39 is 0 Å². The maximum Gasteiger partial charge on any atom is 0.319 e. The number of nitrogens with one attached hydrogen (secondary N) is 2. The van der Waals surface area contributed by atoms with Gasteiger partial charge in [0, 0.05) is 18.8 Å². The molecule has 24 heavy (non-hydrogen) atoms. The summed E-state index contributed by atoms with van der Waals surface area (Å²) in [5.41, 5.74) is 1.88. The molecule has 0 fully saturated rings. The molecule has 0 saturated carbocycles. The molecule has 4 nitrogen and oxygen atoms in total. The number of benzene rings is 2. The lowest BCUT2D eigenvalue weighted by atomic mass is 10.2. The first-order chi connectivity index (χ1) is 11.6. The third-order valence-electron chi connectivity index (χ3n) is 3.65. The van der Waals surface area contributed by atoms with Gasteiger partial charge in [0.05, 0.1) is 0 Å². The molecule has 5 heteroatoms. The van der Waals surface area contributed by atoms with Gasteiger partial charge >= 0.3 is 6.03 Å². The Kier molecular flexibility index (Phi) is 7.23. The third kappa shape index (κ3) is 6.79. The summed E-state index contributed by atoms with van der Waals surface area (Å²) >= 11 is 0. The Morgan fingerprint density at radius 3 is 2.46 bits per heavy atom. The number of anilines is 1. The fourth-order valence-electron chi connectivity index (χ4n) is 2.39. The SMILES string of the molecule is CN(CCCCNC(=O)Nc1ccccc1)Cc1ccc(F)cc1. The lowest BCUT2D eigenvalue weighted by molar-refractivity contribution is 0.251. The number of urea groups is 1. The number of unbranched alkanes of at least 4 members (excludes halogenated alkanes) is 1. The number of rotatable bonds is 8. The van der Waals surface area contributed by atoms with Gasteiger partial charge in [-0.05, 0) is 56.3 Å². The molecule has 0 bridgehead atoms. The second-order valence-electron chi connectivity index (χ2n) is 5.82. The highest BCUT2D eigenvalue weighted by Gasteiger charge is 2.02. The van der Waals surface area contributed by atoms with Gasteiger partial charge in [0.1, 0.15) is 5.82 Å². The molecule has 2 aromatic rings. The molecule has 0 aliphatic heterocycles. The summed E-state index contributed by atoms with van der Waals surface area (Å²) in [5.74, 6) is -0.207. The summed E-state index contributed by atoms with van der Waals surface area (Å²) in [7, 11) is 2.04. The van der Waals surface area contributed by atoms with Crippen LogP contribution >= 0.6 is 0 Å². The van der Waals surface area contributed by atoms with E-state index in [4.69, 9.17) is 0 Å². The van der Waals surface area contributed by atoms with E-state index in [1.54, 1.807) is 12.1 Å². The van der Waals surface area contributed by atoms with Crippen LogP contribution in [0.1, 0.15) is 18.4 Å². The molecule has 0 spiro atoms. The van der Waals surface area contributed by atoms with Gasteiger partial charge in [-0.25, -0.2) is 9.18 Å². The Labute approximate surface area is 142 Å². The average Bonchev–Trinajstić information content (AvgIpc) is 2.57. The molecular formula is C19H24FN3O. The van der Waals surface area contributed by atoms with E-state index in [0.29, 0.717) is 6.54 Å². The first kappa shape index (κ1) is 17.9. The largest absolute Gasteiger partial charge is 0.338 e. The van der Waals surface area contributed by atoms with Crippen LogP contribution in [0.5, 0.6) is 0 Å². The number of nitrogens with zero attached hydrogens (tertiary/aromatic N) is 1. The van der Waals surface area contributed by atoms with Gasteiger partial charge in [-0.3, -0.25) is 0 Å². The quantitative estimate of drug-likeness (QED) is 0.722. The minimum atomic E-state index is -0.207. The maximum atomic E-state index is 12.9. The molecule has 0 saturated heterocycles. The number of carbonyl (C=O) groups excluding carboxylic acids is 1. The number of halogens is 1. The second kappa shape index (κ2) is 9.67. The Bertz CT molecular complexity index is 616. The molecule has 2 N–H and O–H groups in total. The minimum Gasteiger partial charge on any atom is -0.338 e. The molecular weight excluding hydrogens is 305 g/mol. The molecule has 2 amide bonds.